The van der Waals surface area contributed by atoms with Crippen molar-refractivity contribution in [3.8, 4) is 0 Å². The highest BCUT2D eigenvalue weighted by Crippen LogP contribution is 2.23. The average Bonchev–Trinajstić information content (AvgIpc) is 2.95. The number of carbonyl (C=O) groups is 1. The van der Waals surface area contributed by atoms with E-state index in [4.69, 9.17) is 4.74 Å². The lowest BCUT2D eigenvalue weighted by atomic mass is 10.2. The Kier molecular flexibility index (Phi) is 8.34. The van der Waals surface area contributed by atoms with Gasteiger partial charge in [-0.05, 0) is 24.6 Å². The Morgan fingerprint density at radius 3 is 2.69 bits per heavy atom. The first-order valence-electron chi connectivity index (χ1n) is 8.74. The Balaban J connectivity index is 2.07. The normalized spacial score (nSPS) is 11.1. The second kappa shape index (κ2) is 10.5. The van der Waals surface area contributed by atoms with Gasteiger partial charge < -0.3 is 24.4 Å². The number of halogens is 1. The molecule has 0 saturated heterocycles. The summed E-state index contributed by atoms with van der Waals surface area (Å²) >= 11 is 3.23. The van der Waals surface area contributed by atoms with Gasteiger partial charge in [-0.3, -0.25) is 4.79 Å². The molecular formula is C18H26BrN3O4. The smallest absolute Gasteiger partial charge is 0.305 e. The molecule has 26 heavy (non-hydrogen) atoms. The number of esters is 1. The molecule has 0 radical (unpaired) electrons. The lowest BCUT2D eigenvalue weighted by molar-refractivity contribution is -0.143. The van der Waals surface area contributed by atoms with Crippen molar-refractivity contribution in [1.29, 1.82) is 0 Å². The van der Waals surface area contributed by atoms with Gasteiger partial charge in [-0.1, -0.05) is 15.9 Å². The van der Waals surface area contributed by atoms with E-state index in [1.165, 1.54) is 0 Å². The van der Waals surface area contributed by atoms with E-state index in [9.17, 15) is 15.0 Å². The number of rotatable bonds is 11. The molecule has 0 fully saturated rings. The summed E-state index contributed by atoms with van der Waals surface area (Å²) in [5.41, 5.74) is 2.80. The molecule has 144 valence electrons. The number of aliphatic hydroxyl groups is 2. The predicted molar refractivity (Wildman–Crippen MR) is 105 cm³/mol. The molecule has 0 aliphatic rings. The fourth-order valence-electron chi connectivity index (χ4n) is 2.89. The van der Waals surface area contributed by atoms with E-state index in [1.807, 2.05) is 34.7 Å². The number of imidazole rings is 1. The van der Waals surface area contributed by atoms with Crippen molar-refractivity contribution in [2.75, 3.05) is 43.1 Å². The van der Waals surface area contributed by atoms with Crippen molar-refractivity contribution in [1.82, 2.24) is 9.55 Å². The van der Waals surface area contributed by atoms with Crippen LogP contribution in [0.2, 0.25) is 0 Å². The Morgan fingerprint density at radius 2 is 2.04 bits per heavy atom. The highest BCUT2D eigenvalue weighted by molar-refractivity contribution is 9.09. The van der Waals surface area contributed by atoms with Gasteiger partial charge in [-0.25, -0.2) is 4.98 Å². The van der Waals surface area contributed by atoms with Crippen LogP contribution in [0.1, 0.15) is 18.7 Å². The first kappa shape index (κ1) is 20.7. The van der Waals surface area contributed by atoms with E-state index in [0.717, 1.165) is 22.5 Å². The molecule has 0 atom stereocenters. The maximum atomic E-state index is 11.6. The summed E-state index contributed by atoms with van der Waals surface area (Å²) in [6.07, 6.45) is 1.76. The second-order valence-electron chi connectivity index (χ2n) is 5.96. The van der Waals surface area contributed by atoms with Crippen LogP contribution < -0.4 is 4.90 Å². The molecular weight excluding hydrogens is 402 g/mol. The maximum absolute atomic E-state index is 11.6. The van der Waals surface area contributed by atoms with Gasteiger partial charge in [0.25, 0.3) is 0 Å². The summed E-state index contributed by atoms with van der Waals surface area (Å²) in [6.45, 7) is 1.37. The molecule has 2 aromatic rings. The lowest BCUT2D eigenvalue weighted by Crippen LogP contribution is -2.29. The van der Waals surface area contributed by atoms with Gasteiger partial charge in [-0.15, -0.1) is 0 Å². The number of aromatic nitrogens is 2. The minimum Gasteiger partial charge on any atom is -0.465 e. The van der Waals surface area contributed by atoms with Crippen molar-refractivity contribution >= 4 is 38.6 Å². The molecule has 7 nitrogen and oxygen atoms in total. The molecule has 0 amide bonds. The van der Waals surface area contributed by atoms with Gasteiger partial charge in [0.2, 0.25) is 0 Å². The Labute approximate surface area is 161 Å². The standard InChI is InChI=1S/C18H26BrN3O4/c1-21-16-6-5-14(22(8-10-23)9-11-24)13-15(16)20-17(21)3-2-4-18(25)26-12-7-19/h5-6,13,23-24H,2-4,7-12H2,1H3. The van der Waals surface area contributed by atoms with Crippen molar-refractivity contribution < 1.29 is 19.7 Å². The first-order chi connectivity index (χ1) is 12.6. The Hall–Kier alpha value is -1.64. The molecule has 1 aromatic carbocycles. The lowest BCUT2D eigenvalue weighted by Gasteiger charge is -2.22. The SMILES string of the molecule is Cn1c(CCCC(=O)OCCBr)nc2cc(N(CCO)CCO)ccc21. The number of nitrogens with zero attached hydrogens (tertiary/aromatic N) is 3. The quantitative estimate of drug-likeness (QED) is 0.418. The van der Waals surface area contributed by atoms with Crippen molar-refractivity contribution in [2.45, 2.75) is 19.3 Å². The van der Waals surface area contributed by atoms with Crippen LogP contribution in [-0.4, -0.2) is 64.0 Å². The molecule has 0 aliphatic heterocycles. The number of aliphatic hydroxyl groups excluding tert-OH is 2. The number of alkyl halides is 1. The molecule has 0 aliphatic carbocycles. The van der Waals surface area contributed by atoms with Gasteiger partial charge in [0.1, 0.15) is 12.4 Å². The topological polar surface area (TPSA) is 87.8 Å². The number of carbonyl (C=O) groups excluding carboxylic acids is 1. The minimum atomic E-state index is -0.186. The number of aryl methyl sites for hydroxylation is 2. The highest BCUT2D eigenvalue weighted by Gasteiger charge is 2.12. The van der Waals surface area contributed by atoms with Crippen molar-refractivity contribution in [3.63, 3.8) is 0 Å². The van der Waals surface area contributed by atoms with Crippen molar-refractivity contribution in [3.05, 3.63) is 24.0 Å². The number of fused-ring (bicyclic) bond motifs is 1. The minimum absolute atomic E-state index is 0.0245. The zero-order chi connectivity index (χ0) is 18.9. The van der Waals surface area contributed by atoms with E-state index in [2.05, 4.69) is 20.9 Å². The van der Waals surface area contributed by atoms with Crippen LogP contribution in [0.4, 0.5) is 5.69 Å². The summed E-state index contributed by atoms with van der Waals surface area (Å²) < 4.78 is 7.08. The van der Waals surface area contributed by atoms with Crippen molar-refractivity contribution in [2.24, 2.45) is 7.05 Å². The number of ether oxygens (including phenoxy) is 1. The summed E-state index contributed by atoms with van der Waals surface area (Å²) in [5, 5.41) is 19.0. The number of anilines is 1. The van der Waals surface area contributed by atoms with Gasteiger partial charge >= 0.3 is 5.97 Å². The van der Waals surface area contributed by atoms with Crippen LogP contribution in [0.25, 0.3) is 11.0 Å². The zero-order valence-electron chi connectivity index (χ0n) is 15.0. The molecule has 2 rings (SSSR count). The van der Waals surface area contributed by atoms with Gasteiger partial charge in [0.05, 0.1) is 24.2 Å². The third-order valence-electron chi connectivity index (χ3n) is 4.18. The van der Waals surface area contributed by atoms with Crippen LogP contribution >= 0.6 is 15.9 Å². The van der Waals surface area contributed by atoms with E-state index < -0.39 is 0 Å². The highest BCUT2D eigenvalue weighted by atomic mass is 79.9. The van der Waals surface area contributed by atoms with Gasteiger partial charge in [0.15, 0.2) is 0 Å². The average molecular weight is 428 g/mol. The molecule has 8 heteroatoms. The van der Waals surface area contributed by atoms with Gasteiger partial charge in [0, 0.05) is 44.0 Å². The number of hydrogen-bond donors (Lipinski definition) is 2. The van der Waals surface area contributed by atoms with Crippen LogP contribution in [0.5, 0.6) is 0 Å². The predicted octanol–water partition coefficient (Wildman–Crippen LogP) is 1.63. The van der Waals surface area contributed by atoms with Crippen LogP contribution in [-0.2, 0) is 23.0 Å². The van der Waals surface area contributed by atoms with Crippen LogP contribution in [0.3, 0.4) is 0 Å². The molecule has 0 saturated carbocycles. The van der Waals surface area contributed by atoms with E-state index in [0.29, 0.717) is 44.3 Å². The summed E-state index contributed by atoms with van der Waals surface area (Å²) in [4.78, 5) is 18.2. The van der Waals surface area contributed by atoms with E-state index >= 15 is 0 Å². The number of hydrogen-bond acceptors (Lipinski definition) is 6. The molecule has 2 N–H and O–H groups in total. The van der Waals surface area contributed by atoms with E-state index in [-0.39, 0.29) is 19.2 Å². The van der Waals surface area contributed by atoms with E-state index in [1.54, 1.807) is 0 Å². The van der Waals surface area contributed by atoms with Gasteiger partial charge in [-0.2, -0.15) is 0 Å². The second-order valence-corrected chi connectivity index (χ2v) is 6.75. The molecule has 0 bridgehead atoms. The van der Waals surface area contributed by atoms with Crippen LogP contribution in [0, 0.1) is 0 Å². The fraction of sp³-hybridized carbons (Fsp3) is 0.556. The zero-order valence-corrected chi connectivity index (χ0v) is 16.6. The molecule has 0 spiro atoms. The summed E-state index contributed by atoms with van der Waals surface area (Å²) in [5.74, 6) is 0.732. The number of benzene rings is 1. The molecule has 1 heterocycles. The molecule has 0 unspecified atom stereocenters. The first-order valence-corrected chi connectivity index (χ1v) is 9.86. The maximum Gasteiger partial charge on any atom is 0.305 e. The summed E-state index contributed by atoms with van der Waals surface area (Å²) in [7, 11) is 1.96. The fourth-order valence-corrected chi connectivity index (χ4v) is 3.05. The monoisotopic (exact) mass is 427 g/mol. The Morgan fingerprint density at radius 1 is 1.31 bits per heavy atom. The van der Waals surface area contributed by atoms with Crippen LogP contribution in [0.15, 0.2) is 18.2 Å². The molecule has 1 aromatic heterocycles. The largest absolute Gasteiger partial charge is 0.465 e. The Bertz CT molecular complexity index is 714. The third-order valence-corrected chi connectivity index (χ3v) is 4.51. The summed E-state index contributed by atoms with van der Waals surface area (Å²) in [6, 6.07) is 5.93. The third kappa shape index (κ3) is 5.43.